The number of carboxylic acids is 1. The van der Waals surface area contributed by atoms with Crippen molar-refractivity contribution >= 4 is 11.9 Å². The maximum absolute atomic E-state index is 12.8. The van der Waals surface area contributed by atoms with Gasteiger partial charge in [-0.25, -0.2) is 9.18 Å². The molecule has 0 saturated carbocycles. The molecule has 1 aromatic heterocycles. The van der Waals surface area contributed by atoms with E-state index in [0.717, 1.165) is 0 Å². The summed E-state index contributed by atoms with van der Waals surface area (Å²) in [5.41, 5.74) is 0.800. The number of hydrogen-bond acceptors (Lipinski definition) is 3. The maximum atomic E-state index is 12.8. The lowest BCUT2D eigenvalue weighted by molar-refractivity contribution is -0.129. The number of carbonyl (C=O) groups is 2. The fourth-order valence-electron chi connectivity index (χ4n) is 2.07. The molecule has 0 spiro atoms. The number of furan rings is 1. The van der Waals surface area contributed by atoms with Gasteiger partial charge in [0.05, 0.1) is 13.0 Å². The number of rotatable bonds is 5. The van der Waals surface area contributed by atoms with Gasteiger partial charge in [-0.15, -0.1) is 0 Å². The highest BCUT2D eigenvalue weighted by Gasteiger charge is 2.17. The summed E-state index contributed by atoms with van der Waals surface area (Å²) in [6.07, 6.45) is 0.141. The quantitative estimate of drug-likeness (QED) is 0.922. The molecule has 1 N–H and O–H groups in total. The van der Waals surface area contributed by atoms with E-state index in [9.17, 15) is 14.0 Å². The summed E-state index contributed by atoms with van der Waals surface area (Å²) in [6, 6.07) is 7.13. The number of amides is 1. The monoisotopic (exact) mass is 305 g/mol. The molecular weight excluding hydrogens is 289 g/mol. The first-order valence-electron chi connectivity index (χ1n) is 6.68. The zero-order valence-electron chi connectivity index (χ0n) is 12.3. The van der Waals surface area contributed by atoms with Crippen LogP contribution in [0.2, 0.25) is 0 Å². The Kier molecular flexibility index (Phi) is 4.60. The van der Waals surface area contributed by atoms with Crippen molar-refractivity contribution in [3.05, 3.63) is 58.8 Å². The Morgan fingerprint density at radius 1 is 1.27 bits per heavy atom. The summed E-state index contributed by atoms with van der Waals surface area (Å²) in [5, 5.41) is 8.97. The number of carbonyl (C=O) groups excluding carboxylic acids is 1. The zero-order valence-corrected chi connectivity index (χ0v) is 12.3. The number of likely N-dealkylation sites (N-methyl/N-ethyl adjacent to an activating group) is 1. The average Bonchev–Trinajstić information content (AvgIpc) is 2.82. The van der Waals surface area contributed by atoms with Crippen LogP contribution < -0.4 is 0 Å². The molecule has 116 valence electrons. The van der Waals surface area contributed by atoms with Gasteiger partial charge in [0.2, 0.25) is 5.91 Å². The van der Waals surface area contributed by atoms with Gasteiger partial charge in [-0.3, -0.25) is 4.79 Å². The van der Waals surface area contributed by atoms with Gasteiger partial charge in [0.1, 0.15) is 22.9 Å². The standard InChI is InChI=1S/C16H16FNO4/c1-10-14(16(20)21)8-13(22-10)9-18(2)15(19)7-11-3-5-12(17)6-4-11/h3-6,8H,7,9H2,1-2H3,(H,20,21). The van der Waals surface area contributed by atoms with Crippen LogP contribution in [0.3, 0.4) is 0 Å². The second-order valence-corrected chi connectivity index (χ2v) is 5.04. The SMILES string of the molecule is Cc1oc(CN(C)C(=O)Cc2ccc(F)cc2)cc1C(=O)O. The molecule has 0 atom stereocenters. The fraction of sp³-hybridized carbons (Fsp3) is 0.250. The Labute approximate surface area is 127 Å². The molecule has 1 aromatic carbocycles. The summed E-state index contributed by atoms with van der Waals surface area (Å²) in [5.74, 6) is -0.867. The van der Waals surface area contributed by atoms with Gasteiger partial charge in [0.25, 0.3) is 0 Å². The Hall–Kier alpha value is -2.63. The largest absolute Gasteiger partial charge is 0.478 e. The number of hydrogen-bond donors (Lipinski definition) is 1. The zero-order chi connectivity index (χ0) is 16.3. The van der Waals surface area contributed by atoms with E-state index in [-0.39, 0.29) is 30.3 Å². The van der Waals surface area contributed by atoms with Crippen molar-refractivity contribution in [3.8, 4) is 0 Å². The van der Waals surface area contributed by atoms with Crippen LogP contribution in [0, 0.1) is 12.7 Å². The molecule has 0 radical (unpaired) electrons. The third kappa shape index (κ3) is 3.72. The van der Waals surface area contributed by atoms with Gasteiger partial charge < -0.3 is 14.4 Å². The van der Waals surface area contributed by atoms with Crippen LogP contribution in [-0.2, 0) is 17.8 Å². The Bertz CT molecular complexity index is 691. The minimum Gasteiger partial charge on any atom is -0.478 e. The smallest absolute Gasteiger partial charge is 0.339 e. The summed E-state index contributed by atoms with van der Waals surface area (Å²) < 4.78 is 18.2. The van der Waals surface area contributed by atoms with Crippen molar-refractivity contribution in [1.29, 1.82) is 0 Å². The van der Waals surface area contributed by atoms with E-state index in [1.54, 1.807) is 26.1 Å². The van der Waals surface area contributed by atoms with E-state index in [1.807, 2.05) is 0 Å². The molecule has 0 fully saturated rings. The Morgan fingerprint density at radius 2 is 1.91 bits per heavy atom. The third-order valence-corrected chi connectivity index (χ3v) is 3.29. The highest BCUT2D eigenvalue weighted by molar-refractivity contribution is 5.88. The van der Waals surface area contributed by atoms with Gasteiger partial charge in [-0.2, -0.15) is 0 Å². The average molecular weight is 305 g/mol. The van der Waals surface area contributed by atoms with E-state index < -0.39 is 5.97 Å². The number of benzene rings is 1. The van der Waals surface area contributed by atoms with Gasteiger partial charge in [0, 0.05) is 7.05 Å². The molecule has 5 nitrogen and oxygen atoms in total. The van der Waals surface area contributed by atoms with Gasteiger partial charge in [-0.1, -0.05) is 12.1 Å². The van der Waals surface area contributed by atoms with E-state index in [1.165, 1.54) is 23.1 Å². The fourth-order valence-corrected chi connectivity index (χ4v) is 2.07. The second kappa shape index (κ2) is 6.43. The number of aromatic carboxylic acids is 1. The highest BCUT2D eigenvalue weighted by Crippen LogP contribution is 2.16. The topological polar surface area (TPSA) is 70.8 Å². The lowest BCUT2D eigenvalue weighted by Gasteiger charge is -2.15. The number of nitrogens with zero attached hydrogens (tertiary/aromatic N) is 1. The third-order valence-electron chi connectivity index (χ3n) is 3.29. The number of halogens is 1. The first-order valence-corrected chi connectivity index (χ1v) is 6.68. The summed E-state index contributed by atoms with van der Waals surface area (Å²) in [4.78, 5) is 24.5. The molecule has 0 saturated heterocycles. The molecule has 6 heteroatoms. The van der Waals surface area contributed by atoms with Crippen molar-refractivity contribution in [1.82, 2.24) is 4.90 Å². The van der Waals surface area contributed by atoms with Crippen LogP contribution >= 0.6 is 0 Å². The Morgan fingerprint density at radius 3 is 2.45 bits per heavy atom. The molecule has 0 bridgehead atoms. The molecule has 0 aliphatic heterocycles. The van der Waals surface area contributed by atoms with Crippen LogP contribution in [0.5, 0.6) is 0 Å². The predicted molar refractivity (Wildman–Crippen MR) is 77.0 cm³/mol. The van der Waals surface area contributed by atoms with E-state index >= 15 is 0 Å². The first-order chi connectivity index (χ1) is 10.4. The first kappa shape index (κ1) is 15.8. The van der Waals surface area contributed by atoms with Crippen molar-refractivity contribution < 1.29 is 23.5 Å². The molecule has 2 aromatic rings. The molecule has 22 heavy (non-hydrogen) atoms. The summed E-state index contributed by atoms with van der Waals surface area (Å²) in [7, 11) is 1.60. The van der Waals surface area contributed by atoms with Crippen LogP contribution in [0.25, 0.3) is 0 Å². The lowest BCUT2D eigenvalue weighted by Crippen LogP contribution is -2.27. The van der Waals surface area contributed by atoms with Crippen molar-refractivity contribution in [3.63, 3.8) is 0 Å². The molecule has 1 heterocycles. The molecule has 0 unspecified atom stereocenters. The molecular formula is C16H16FNO4. The van der Waals surface area contributed by atoms with Crippen molar-refractivity contribution in [2.24, 2.45) is 0 Å². The van der Waals surface area contributed by atoms with Crippen molar-refractivity contribution in [2.75, 3.05) is 7.05 Å². The lowest BCUT2D eigenvalue weighted by atomic mass is 10.1. The van der Waals surface area contributed by atoms with Gasteiger partial charge in [-0.05, 0) is 30.7 Å². The summed E-state index contributed by atoms with van der Waals surface area (Å²) >= 11 is 0. The van der Waals surface area contributed by atoms with Crippen LogP contribution in [0.15, 0.2) is 34.7 Å². The number of carboxylic acid groups (broad SMARTS) is 1. The van der Waals surface area contributed by atoms with Crippen molar-refractivity contribution in [2.45, 2.75) is 19.9 Å². The van der Waals surface area contributed by atoms with Gasteiger partial charge in [0.15, 0.2) is 0 Å². The van der Waals surface area contributed by atoms with E-state index in [4.69, 9.17) is 9.52 Å². The van der Waals surface area contributed by atoms with Crippen LogP contribution in [-0.4, -0.2) is 28.9 Å². The van der Waals surface area contributed by atoms with Crippen LogP contribution in [0.1, 0.15) is 27.4 Å². The van der Waals surface area contributed by atoms with Gasteiger partial charge >= 0.3 is 5.97 Å². The van der Waals surface area contributed by atoms with E-state index in [0.29, 0.717) is 17.1 Å². The minimum atomic E-state index is -1.06. The normalized spacial score (nSPS) is 10.5. The molecule has 0 aliphatic carbocycles. The summed E-state index contributed by atoms with van der Waals surface area (Å²) in [6.45, 7) is 1.74. The highest BCUT2D eigenvalue weighted by atomic mass is 19.1. The Balaban J connectivity index is 2.00. The predicted octanol–water partition coefficient (Wildman–Crippen LogP) is 2.63. The van der Waals surface area contributed by atoms with E-state index in [2.05, 4.69) is 0 Å². The van der Waals surface area contributed by atoms with Crippen LogP contribution in [0.4, 0.5) is 4.39 Å². The minimum absolute atomic E-state index is 0.0920. The number of aryl methyl sites for hydroxylation is 1. The molecule has 2 rings (SSSR count). The molecule has 0 aliphatic rings. The maximum Gasteiger partial charge on any atom is 0.339 e. The molecule has 1 amide bonds. The second-order valence-electron chi connectivity index (χ2n) is 5.04.